The zero-order valence-electron chi connectivity index (χ0n) is 21.9. The Morgan fingerprint density at radius 2 is 1.72 bits per heavy atom. The van der Waals surface area contributed by atoms with Crippen LogP contribution in [0.3, 0.4) is 0 Å². The molecule has 0 saturated heterocycles. The average Bonchev–Trinajstić information content (AvgIpc) is 3.24. The maximum absolute atomic E-state index is 14.2. The predicted octanol–water partition coefficient (Wildman–Crippen LogP) is 5.29. The molecule has 1 aliphatic heterocycles. The van der Waals surface area contributed by atoms with Crippen LogP contribution in [0.2, 0.25) is 10.0 Å². The molecular formula is C22H17Cl2F6N3O3. The Balaban J connectivity index is 1.82. The van der Waals surface area contributed by atoms with E-state index in [1.54, 1.807) is 5.32 Å². The van der Waals surface area contributed by atoms with Crippen LogP contribution in [-0.4, -0.2) is 42.9 Å². The van der Waals surface area contributed by atoms with Crippen molar-refractivity contribution >= 4 is 40.7 Å². The first-order chi connectivity index (χ1) is 18.1. The van der Waals surface area contributed by atoms with Gasteiger partial charge in [0.2, 0.25) is 5.91 Å². The van der Waals surface area contributed by atoms with Gasteiger partial charge in [-0.1, -0.05) is 34.4 Å². The molecule has 0 saturated carbocycles. The van der Waals surface area contributed by atoms with Gasteiger partial charge in [0.1, 0.15) is 6.50 Å². The Bertz CT molecular complexity index is 1370. The third-order valence-electron chi connectivity index (χ3n) is 4.93. The smallest absolute Gasteiger partial charge is 0.374 e. The van der Waals surface area contributed by atoms with Crippen molar-refractivity contribution in [2.75, 3.05) is 13.0 Å². The number of amides is 2. The van der Waals surface area contributed by atoms with E-state index in [1.165, 1.54) is 25.1 Å². The number of oxime groups is 1. The van der Waals surface area contributed by atoms with Crippen molar-refractivity contribution < 1.29 is 46.3 Å². The number of rotatable bonds is 6. The van der Waals surface area contributed by atoms with Gasteiger partial charge in [-0.05, 0) is 48.4 Å². The summed E-state index contributed by atoms with van der Waals surface area (Å²) >= 11 is 11.8. The summed E-state index contributed by atoms with van der Waals surface area (Å²) in [4.78, 5) is 29.4. The molecule has 0 radical (unpaired) electrons. The second kappa shape index (κ2) is 10.2. The maximum Gasteiger partial charge on any atom is 0.435 e. The summed E-state index contributed by atoms with van der Waals surface area (Å²) in [7, 11) is 0. The monoisotopic (exact) mass is 559 g/mol. The number of nitrogens with zero attached hydrogens (tertiary/aromatic N) is 1. The first kappa shape index (κ1) is 22.2. The summed E-state index contributed by atoms with van der Waals surface area (Å²) < 4.78 is 110. The third-order valence-corrected chi connectivity index (χ3v) is 5.36. The van der Waals surface area contributed by atoms with E-state index in [4.69, 9.17) is 33.5 Å². The quantitative estimate of drug-likeness (QED) is 0.472. The molecule has 0 fully saturated rings. The highest BCUT2D eigenvalue weighted by Crippen LogP contribution is 2.49. The minimum absolute atomic E-state index is 0.0647. The molecule has 0 aliphatic carbocycles. The molecule has 1 atom stereocenters. The third kappa shape index (κ3) is 6.22. The number of alkyl halides is 6. The van der Waals surface area contributed by atoms with Gasteiger partial charge in [0, 0.05) is 27.6 Å². The number of carbonyl (C=O) groups excluding carboxylic acids is 2. The van der Waals surface area contributed by atoms with Crippen LogP contribution < -0.4 is 10.6 Å². The van der Waals surface area contributed by atoms with E-state index in [0.29, 0.717) is 0 Å². The van der Waals surface area contributed by atoms with Crippen LogP contribution in [-0.2, 0) is 15.2 Å². The van der Waals surface area contributed by atoms with Crippen LogP contribution in [0.4, 0.5) is 26.3 Å². The van der Waals surface area contributed by atoms with Gasteiger partial charge in [-0.15, -0.1) is 0 Å². The SMILES string of the molecule is [2H]C([2H])(NC(=O)c1ccc(C2=NOC(c3cc(Cl)cc(Cl)c3)(C(F)(F)F)C2)cc1C)C(=O)NC([2H])([2H])C(F)(F)F. The van der Waals surface area contributed by atoms with Crippen LogP contribution in [0, 0.1) is 6.92 Å². The van der Waals surface area contributed by atoms with Gasteiger partial charge in [-0.3, -0.25) is 9.59 Å². The molecule has 2 amide bonds. The fourth-order valence-corrected chi connectivity index (χ4v) is 3.81. The minimum Gasteiger partial charge on any atom is -0.374 e. The van der Waals surface area contributed by atoms with Crippen molar-refractivity contribution in [2.24, 2.45) is 5.16 Å². The van der Waals surface area contributed by atoms with Crippen molar-refractivity contribution in [3.05, 3.63) is 68.7 Å². The topological polar surface area (TPSA) is 79.8 Å². The summed E-state index contributed by atoms with van der Waals surface area (Å²) in [6.45, 7) is -6.44. The molecule has 36 heavy (non-hydrogen) atoms. The molecule has 2 aromatic carbocycles. The van der Waals surface area contributed by atoms with E-state index in [-0.39, 0.29) is 32.4 Å². The Kier molecular flexibility index (Phi) is 6.28. The highest BCUT2D eigenvalue weighted by atomic mass is 35.5. The number of hydrogen-bond donors (Lipinski definition) is 2. The Labute approximate surface area is 216 Å². The highest BCUT2D eigenvalue weighted by molar-refractivity contribution is 6.34. The van der Waals surface area contributed by atoms with Crippen LogP contribution in [0.5, 0.6) is 0 Å². The van der Waals surface area contributed by atoms with Crippen molar-refractivity contribution in [1.82, 2.24) is 10.6 Å². The van der Waals surface area contributed by atoms with E-state index in [2.05, 4.69) is 5.16 Å². The molecule has 6 nitrogen and oxygen atoms in total. The first-order valence-corrected chi connectivity index (χ1v) is 10.5. The maximum atomic E-state index is 14.2. The van der Waals surface area contributed by atoms with E-state index in [0.717, 1.165) is 23.5 Å². The summed E-state index contributed by atoms with van der Waals surface area (Å²) in [6.07, 6.45) is -11.3. The second-order valence-corrected chi connectivity index (χ2v) is 8.35. The van der Waals surface area contributed by atoms with Crippen molar-refractivity contribution in [1.29, 1.82) is 0 Å². The Morgan fingerprint density at radius 1 is 1.08 bits per heavy atom. The summed E-state index contributed by atoms with van der Waals surface area (Å²) in [5.74, 6) is -3.39. The molecule has 0 spiro atoms. The molecule has 3 rings (SSSR count). The number of halogens is 8. The lowest BCUT2D eigenvalue weighted by Gasteiger charge is -2.29. The van der Waals surface area contributed by atoms with Crippen LogP contribution in [0.1, 0.15) is 39.0 Å². The zero-order chi connectivity index (χ0) is 30.5. The number of nitrogens with one attached hydrogen (secondary N) is 2. The predicted molar refractivity (Wildman–Crippen MR) is 119 cm³/mol. The van der Waals surface area contributed by atoms with Gasteiger partial charge in [0.25, 0.3) is 11.5 Å². The van der Waals surface area contributed by atoms with Gasteiger partial charge >= 0.3 is 12.4 Å². The normalized spacial score (nSPS) is 20.3. The Hall–Kier alpha value is -2.99. The van der Waals surface area contributed by atoms with E-state index in [9.17, 15) is 35.9 Å². The second-order valence-electron chi connectivity index (χ2n) is 7.47. The van der Waals surface area contributed by atoms with Gasteiger partial charge in [0.05, 0.1) is 17.7 Å². The molecule has 2 N–H and O–H groups in total. The van der Waals surface area contributed by atoms with Gasteiger partial charge in [-0.25, -0.2) is 0 Å². The van der Waals surface area contributed by atoms with Crippen molar-refractivity contribution in [2.45, 2.75) is 31.3 Å². The lowest BCUT2D eigenvalue weighted by atomic mass is 9.86. The molecule has 0 aromatic heterocycles. The summed E-state index contributed by atoms with van der Waals surface area (Å²) in [5.41, 5.74) is -3.64. The lowest BCUT2D eigenvalue weighted by Crippen LogP contribution is -2.42. The molecule has 1 aliphatic rings. The van der Waals surface area contributed by atoms with Gasteiger partial charge in [-0.2, -0.15) is 26.3 Å². The first-order valence-electron chi connectivity index (χ1n) is 11.7. The van der Waals surface area contributed by atoms with Crippen molar-refractivity contribution in [3.8, 4) is 0 Å². The molecule has 1 unspecified atom stereocenters. The van der Waals surface area contributed by atoms with Gasteiger partial charge in [0.15, 0.2) is 0 Å². The fourth-order valence-electron chi connectivity index (χ4n) is 3.28. The van der Waals surface area contributed by atoms with Crippen LogP contribution in [0.15, 0.2) is 41.6 Å². The molecular weight excluding hydrogens is 539 g/mol. The number of benzene rings is 2. The zero-order valence-corrected chi connectivity index (χ0v) is 19.4. The molecule has 0 bridgehead atoms. The number of carbonyl (C=O) groups is 2. The molecule has 14 heteroatoms. The lowest BCUT2D eigenvalue weighted by molar-refractivity contribution is -0.275. The largest absolute Gasteiger partial charge is 0.435 e. The average molecular weight is 560 g/mol. The van der Waals surface area contributed by atoms with Crippen LogP contribution in [0.25, 0.3) is 0 Å². The van der Waals surface area contributed by atoms with E-state index in [1.807, 2.05) is 0 Å². The van der Waals surface area contributed by atoms with Crippen molar-refractivity contribution in [3.63, 3.8) is 0 Å². The minimum atomic E-state index is -5.56. The molecule has 2 aromatic rings. The fraction of sp³-hybridized carbons (Fsp3) is 0.318. The van der Waals surface area contributed by atoms with Gasteiger partial charge < -0.3 is 15.5 Å². The standard InChI is InChI=1S/C22H17Cl2F6N3O3/c1-11-4-12(2-3-16(11)19(35)31-9-18(34)32-10-21(25,26)27)17-8-20(36-33-17,22(28,29)30)13-5-14(23)7-15(24)6-13/h2-7H,8-10H2,1H3,(H,31,35)(H,32,34)/i9D2,10D2. The molecule has 1 heterocycles. The summed E-state index contributed by atoms with van der Waals surface area (Å²) in [6, 6.07) is 6.76. The molecule has 194 valence electrons. The van der Waals surface area contributed by atoms with Crippen LogP contribution >= 0.6 is 23.2 Å². The Morgan fingerprint density at radius 3 is 2.28 bits per heavy atom. The van der Waals surface area contributed by atoms with E-state index >= 15 is 0 Å². The van der Waals surface area contributed by atoms with E-state index < -0.39 is 54.7 Å². The number of hydrogen-bond acceptors (Lipinski definition) is 4. The number of aryl methyl sites for hydroxylation is 1. The highest BCUT2D eigenvalue weighted by Gasteiger charge is 2.62. The summed E-state index contributed by atoms with van der Waals surface area (Å²) in [5, 5.41) is 5.84.